The van der Waals surface area contributed by atoms with Crippen LogP contribution < -0.4 is 0 Å². The van der Waals surface area contributed by atoms with Gasteiger partial charge in [-0.1, -0.05) is 63.3 Å². The zero-order chi connectivity index (χ0) is 11.1. The third kappa shape index (κ3) is 6.11. The Bertz CT molecular complexity index is 288. The third-order valence-corrected chi connectivity index (χ3v) is 2.30. The van der Waals surface area contributed by atoms with Gasteiger partial charge in [0.2, 0.25) is 0 Å². The van der Waals surface area contributed by atoms with Crippen molar-refractivity contribution in [2.24, 2.45) is 5.41 Å². The summed E-state index contributed by atoms with van der Waals surface area (Å²) in [6.07, 6.45) is 8.24. The van der Waals surface area contributed by atoms with Gasteiger partial charge in [-0.05, 0) is 30.2 Å². The Morgan fingerprint density at radius 1 is 1.07 bits per heavy atom. The molecule has 0 saturated carbocycles. The molecule has 1 rings (SSSR count). The van der Waals surface area contributed by atoms with Crippen molar-refractivity contribution in [3.05, 3.63) is 48.0 Å². The van der Waals surface area contributed by atoms with Crippen LogP contribution in [0.15, 0.2) is 42.5 Å². The monoisotopic (exact) mass is 202 g/mol. The molecule has 1 aromatic carbocycles. The molecule has 0 heterocycles. The Hall–Kier alpha value is -1.04. The first kappa shape index (κ1) is 12.0. The van der Waals surface area contributed by atoms with Crippen LogP contribution in [0.2, 0.25) is 0 Å². The van der Waals surface area contributed by atoms with E-state index in [1.807, 2.05) is 0 Å². The second-order valence-corrected chi connectivity index (χ2v) is 5.15. The highest BCUT2D eigenvalue weighted by Gasteiger charge is 2.02. The predicted molar refractivity (Wildman–Crippen MR) is 68.0 cm³/mol. The minimum absolute atomic E-state index is 0.326. The summed E-state index contributed by atoms with van der Waals surface area (Å²) < 4.78 is 0. The van der Waals surface area contributed by atoms with E-state index in [-0.39, 0.29) is 0 Å². The molecule has 0 aliphatic carbocycles. The Morgan fingerprint density at radius 2 is 1.73 bits per heavy atom. The highest BCUT2D eigenvalue weighted by atomic mass is 14.1. The lowest BCUT2D eigenvalue weighted by Gasteiger charge is -2.10. The average molecular weight is 202 g/mol. The van der Waals surface area contributed by atoms with E-state index in [0.29, 0.717) is 5.41 Å². The minimum Gasteiger partial charge on any atom is -0.0880 e. The summed E-state index contributed by atoms with van der Waals surface area (Å²) in [5.74, 6) is 0. The summed E-state index contributed by atoms with van der Waals surface area (Å²) in [5, 5.41) is 0. The summed E-state index contributed by atoms with van der Waals surface area (Å²) in [7, 11) is 0. The van der Waals surface area contributed by atoms with Crippen LogP contribution in [0, 0.1) is 5.41 Å². The van der Waals surface area contributed by atoms with Crippen molar-refractivity contribution in [2.75, 3.05) is 0 Å². The smallest absolute Gasteiger partial charge is 0.0203 e. The van der Waals surface area contributed by atoms with Crippen molar-refractivity contribution >= 4 is 0 Å². The fourth-order valence-corrected chi connectivity index (χ4v) is 1.51. The van der Waals surface area contributed by atoms with E-state index in [9.17, 15) is 0 Å². The van der Waals surface area contributed by atoms with Gasteiger partial charge in [-0.25, -0.2) is 0 Å². The Balaban J connectivity index is 2.21. The molecule has 0 atom stereocenters. The van der Waals surface area contributed by atoms with E-state index in [2.05, 4.69) is 63.3 Å². The standard InChI is InChI=1S/C15H22/c1-15(2,3)13-9-5-8-12-14-10-6-4-7-11-14/h4,6-7,9-11,13H,5,8,12H2,1-3H3/b13-9+. The van der Waals surface area contributed by atoms with Crippen LogP contribution in [0.3, 0.4) is 0 Å². The van der Waals surface area contributed by atoms with Crippen molar-refractivity contribution in [1.29, 1.82) is 0 Å². The van der Waals surface area contributed by atoms with Crippen LogP contribution in [-0.2, 0) is 6.42 Å². The maximum absolute atomic E-state index is 2.31. The molecule has 0 nitrogen and oxygen atoms in total. The number of unbranched alkanes of at least 4 members (excludes halogenated alkanes) is 1. The molecule has 0 spiro atoms. The molecule has 82 valence electrons. The van der Waals surface area contributed by atoms with Gasteiger partial charge in [0.15, 0.2) is 0 Å². The van der Waals surface area contributed by atoms with E-state index in [1.165, 1.54) is 24.8 Å². The summed E-state index contributed by atoms with van der Waals surface area (Å²) in [6.45, 7) is 6.71. The molecule has 0 fully saturated rings. The number of allylic oxidation sites excluding steroid dienone is 2. The molecule has 0 amide bonds. The second-order valence-electron chi connectivity index (χ2n) is 5.15. The van der Waals surface area contributed by atoms with Gasteiger partial charge >= 0.3 is 0 Å². The summed E-state index contributed by atoms with van der Waals surface area (Å²) in [6, 6.07) is 10.7. The molecule has 0 aromatic heterocycles. The first-order valence-electron chi connectivity index (χ1n) is 5.79. The summed E-state index contributed by atoms with van der Waals surface area (Å²) in [4.78, 5) is 0. The molecule has 0 aliphatic heterocycles. The number of rotatable bonds is 4. The van der Waals surface area contributed by atoms with E-state index in [0.717, 1.165) is 0 Å². The van der Waals surface area contributed by atoms with Crippen molar-refractivity contribution in [1.82, 2.24) is 0 Å². The zero-order valence-corrected chi connectivity index (χ0v) is 10.2. The Kier molecular flexibility index (Phi) is 4.61. The van der Waals surface area contributed by atoms with E-state index >= 15 is 0 Å². The molecular weight excluding hydrogens is 180 g/mol. The van der Waals surface area contributed by atoms with Gasteiger partial charge in [-0.2, -0.15) is 0 Å². The van der Waals surface area contributed by atoms with Crippen LogP contribution in [0.25, 0.3) is 0 Å². The van der Waals surface area contributed by atoms with Gasteiger partial charge in [0.05, 0.1) is 0 Å². The molecule has 0 aliphatic rings. The summed E-state index contributed by atoms with van der Waals surface area (Å²) in [5.41, 5.74) is 1.77. The van der Waals surface area contributed by atoms with Crippen LogP contribution >= 0.6 is 0 Å². The fourth-order valence-electron chi connectivity index (χ4n) is 1.51. The molecule has 15 heavy (non-hydrogen) atoms. The number of hydrogen-bond donors (Lipinski definition) is 0. The third-order valence-electron chi connectivity index (χ3n) is 2.30. The maximum Gasteiger partial charge on any atom is -0.0203 e. The molecule has 1 aromatic rings. The molecule has 0 saturated heterocycles. The van der Waals surface area contributed by atoms with Gasteiger partial charge in [-0.3, -0.25) is 0 Å². The Labute approximate surface area is 94.0 Å². The zero-order valence-electron chi connectivity index (χ0n) is 10.2. The average Bonchev–Trinajstić information content (AvgIpc) is 2.17. The quantitative estimate of drug-likeness (QED) is 0.494. The highest BCUT2D eigenvalue weighted by molar-refractivity contribution is 5.14. The topological polar surface area (TPSA) is 0 Å². The van der Waals surface area contributed by atoms with E-state index in [4.69, 9.17) is 0 Å². The Morgan fingerprint density at radius 3 is 2.33 bits per heavy atom. The highest BCUT2D eigenvalue weighted by Crippen LogP contribution is 2.15. The molecule has 0 radical (unpaired) electrons. The second kappa shape index (κ2) is 5.75. The van der Waals surface area contributed by atoms with Crippen LogP contribution in [0.5, 0.6) is 0 Å². The minimum atomic E-state index is 0.326. The first-order chi connectivity index (χ1) is 7.08. The first-order valence-corrected chi connectivity index (χ1v) is 5.79. The van der Waals surface area contributed by atoms with E-state index in [1.54, 1.807) is 0 Å². The van der Waals surface area contributed by atoms with Crippen molar-refractivity contribution in [3.63, 3.8) is 0 Å². The normalized spacial score (nSPS) is 12.2. The molecule has 0 unspecified atom stereocenters. The summed E-state index contributed by atoms with van der Waals surface area (Å²) >= 11 is 0. The lowest BCUT2D eigenvalue weighted by molar-refractivity contribution is 0.541. The lowest BCUT2D eigenvalue weighted by atomic mass is 9.95. The van der Waals surface area contributed by atoms with Gasteiger partial charge in [0.25, 0.3) is 0 Å². The van der Waals surface area contributed by atoms with Crippen molar-refractivity contribution < 1.29 is 0 Å². The number of aryl methyl sites for hydroxylation is 1. The van der Waals surface area contributed by atoms with Gasteiger partial charge in [0, 0.05) is 0 Å². The molecule has 0 bridgehead atoms. The van der Waals surface area contributed by atoms with Crippen LogP contribution in [-0.4, -0.2) is 0 Å². The lowest BCUT2D eigenvalue weighted by Crippen LogP contribution is -1.98. The van der Waals surface area contributed by atoms with E-state index < -0.39 is 0 Å². The number of benzene rings is 1. The van der Waals surface area contributed by atoms with Crippen LogP contribution in [0.4, 0.5) is 0 Å². The van der Waals surface area contributed by atoms with Crippen molar-refractivity contribution in [2.45, 2.75) is 40.0 Å². The van der Waals surface area contributed by atoms with Crippen LogP contribution in [0.1, 0.15) is 39.2 Å². The van der Waals surface area contributed by atoms with Gasteiger partial charge < -0.3 is 0 Å². The fraction of sp³-hybridized carbons (Fsp3) is 0.467. The molecule has 0 heteroatoms. The molecule has 0 N–H and O–H groups in total. The van der Waals surface area contributed by atoms with Gasteiger partial charge in [0.1, 0.15) is 0 Å². The SMILES string of the molecule is CC(C)(C)/C=C/CCCc1ccccc1. The van der Waals surface area contributed by atoms with Crippen molar-refractivity contribution in [3.8, 4) is 0 Å². The van der Waals surface area contributed by atoms with Gasteiger partial charge in [-0.15, -0.1) is 0 Å². The number of hydrogen-bond acceptors (Lipinski definition) is 0. The predicted octanol–water partition coefficient (Wildman–Crippen LogP) is 4.61. The maximum atomic E-state index is 2.31. The molecular formula is C15H22. The largest absolute Gasteiger partial charge is 0.0880 e.